The monoisotopic (exact) mass is 325 g/mol. The largest absolute Gasteiger partial charge is 0.488 e. The van der Waals surface area contributed by atoms with Crippen LogP contribution in [0.1, 0.15) is 27.7 Å². The molecule has 0 spiro atoms. The minimum absolute atomic E-state index is 0.0347. The number of nitrogens with one attached hydrogen (secondary N) is 1. The molecule has 1 atom stereocenters. The molecule has 0 saturated carbocycles. The molecule has 0 aromatic heterocycles. The number of likely N-dealkylation sites (N-methyl/N-ethyl adjacent to an activating group) is 1. The van der Waals surface area contributed by atoms with Crippen molar-refractivity contribution in [3.05, 3.63) is 28.3 Å². The SMILES string of the molecule is CCN(CC)CC(O)COc1cc([N+](=O)[O-])ccc1NC(C)C. The van der Waals surface area contributed by atoms with Crippen molar-refractivity contribution < 1.29 is 14.8 Å². The number of hydrogen-bond donors (Lipinski definition) is 2. The summed E-state index contributed by atoms with van der Waals surface area (Å²) >= 11 is 0. The quantitative estimate of drug-likeness (QED) is 0.507. The lowest BCUT2D eigenvalue weighted by atomic mass is 10.2. The molecule has 0 radical (unpaired) electrons. The predicted octanol–water partition coefficient (Wildman–Crippen LogP) is 2.50. The maximum Gasteiger partial charge on any atom is 0.273 e. The average Bonchev–Trinajstić information content (AvgIpc) is 2.50. The number of rotatable bonds is 10. The van der Waals surface area contributed by atoms with E-state index in [-0.39, 0.29) is 18.3 Å². The van der Waals surface area contributed by atoms with Crippen molar-refractivity contribution in [2.45, 2.75) is 39.8 Å². The Balaban J connectivity index is 2.79. The number of nitro groups is 1. The zero-order chi connectivity index (χ0) is 17.4. The zero-order valence-electron chi connectivity index (χ0n) is 14.3. The second kappa shape index (κ2) is 9.32. The van der Waals surface area contributed by atoms with Gasteiger partial charge in [0.1, 0.15) is 18.5 Å². The summed E-state index contributed by atoms with van der Waals surface area (Å²) in [6.07, 6.45) is -0.652. The smallest absolute Gasteiger partial charge is 0.273 e. The second-order valence-electron chi connectivity index (χ2n) is 5.69. The average molecular weight is 325 g/mol. The van der Waals surface area contributed by atoms with Crippen LogP contribution in [0.3, 0.4) is 0 Å². The molecule has 0 saturated heterocycles. The van der Waals surface area contributed by atoms with E-state index < -0.39 is 11.0 Å². The van der Waals surface area contributed by atoms with Gasteiger partial charge in [-0.3, -0.25) is 10.1 Å². The van der Waals surface area contributed by atoms with Gasteiger partial charge < -0.3 is 20.1 Å². The van der Waals surface area contributed by atoms with Gasteiger partial charge in [0.05, 0.1) is 16.7 Å². The van der Waals surface area contributed by atoms with Gasteiger partial charge in [0.25, 0.3) is 5.69 Å². The van der Waals surface area contributed by atoms with Gasteiger partial charge in [-0.1, -0.05) is 13.8 Å². The first kappa shape index (κ1) is 19.2. The molecule has 2 N–H and O–H groups in total. The molecule has 1 unspecified atom stereocenters. The van der Waals surface area contributed by atoms with Crippen LogP contribution >= 0.6 is 0 Å². The van der Waals surface area contributed by atoms with Gasteiger partial charge in [0, 0.05) is 18.7 Å². The molecule has 7 nitrogen and oxygen atoms in total. The lowest BCUT2D eigenvalue weighted by Gasteiger charge is -2.22. The van der Waals surface area contributed by atoms with Crippen LogP contribution in [0.5, 0.6) is 5.75 Å². The van der Waals surface area contributed by atoms with Gasteiger partial charge in [0.15, 0.2) is 0 Å². The fourth-order valence-corrected chi connectivity index (χ4v) is 2.19. The third-order valence-corrected chi connectivity index (χ3v) is 3.41. The zero-order valence-corrected chi connectivity index (χ0v) is 14.3. The molecule has 0 aliphatic heterocycles. The summed E-state index contributed by atoms with van der Waals surface area (Å²) in [7, 11) is 0. The summed E-state index contributed by atoms with van der Waals surface area (Å²) in [5.74, 6) is 0.381. The Hall–Kier alpha value is -1.86. The Kier molecular flexibility index (Phi) is 7.77. The van der Waals surface area contributed by atoms with Crippen LogP contribution in [0.4, 0.5) is 11.4 Å². The van der Waals surface area contributed by atoms with Crippen molar-refractivity contribution >= 4 is 11.4 Å². The van der Waals surface area contributed by atoms with Gasteiger partial charge >= 0.3 is 0 Å². The van der Waals surface area contributed by atoms with E-state index in [1.165, 1.54) is 12.1 Å². The van der Waals surface area contributed by atoms with E-state index in [9.17, 15) is 15.2 Å². The minimum atomic E-state index is -0.652. The predicted molar refractivity (Wildman–Crippen MR) is 91.1 cm³/mol. The maximum atomic E-state index is 10.9. The maximum absolute atomic E-state index is 10.9. The summed E-state index contributed by atoms with van der Waals surface area (Å²) in [5.41, 5.74) is 0.646. The highest BCUT2D eigenvalue weighted by Gasteiger charge is 2.15. The fourth-order valence-electron chi connectivity index (χ4n) is 2.19. The van der Waals surface area contributed by atoms with E-state index in [1.54, 1.807) is 6.07 Å². The molecular weight excluding hydrogens is 298 g/mol. The number of nitro benzene ring substituents is 1. The molecule has 7 heteroatoms. The van der Waals surface area contributed by atoms with Crippen LogP contribution in [0.15, 0.2) is 18.2 Å². The first-order chi connectivity index (χ1) is 10.9. The molecule has 0 fully saturated rings. The molecule has 0 aliphatic rings. The molecular formula is C16H27N3O4. The van der Waals surface area contributed by atoms with Crippen LogP contribution in [-0.4, -0.2) is 53.3 Å². The van der Waals surface area contributed by atoms with Crippen molar-refractivity contribution in [2.75, 3.05) is 31.6 Å². The van der Waals surface area contributed by atoms with Crippen molar-refractivity contribution in [1.29, 1.82) is 0 Å². The van der Waals surface area contributed by atoms with Gasteiger partial charge in [-0.15, -0.1) is 0 Å². The Labute approximate surface area is 137 Å². The van der Waals surface area contributed by atoms with E-state index in [0.29, 0.717) is 18.0 Å². The molecule has 0 aliphatic carbocycles. The third kappa shape index (κ3) is 6.42. The van der Waals surface area contributed by atoms with E-state index in [4.69, 9.17) is 4.74 Å². The normalized spacial score (nSPS) is 12.5. The molecule has 0 heterocycles. The molecule has 23 heavy (non-hydrogen) atoms. The number of anilines is 1. The molecule has 1 rings (SSSR count). The highest BCUT2D eigenvalue weighted by Crippen LogP contribution is 2.30. The van der Waals surface area contributed by atoms with Crippen LogP contribution < -0.4 is 10.1 Å². The first-order valence-corrected chi connectivity index (χ1v) is 7.95. The number of benzene rings is 1. The van der Waals surface area contributed by atoms with Gasteiger partial charge in [-0.05, 0) is 33.0 Å². The summed E-state index contributed by atoms with van der Waals surface area (Å²) < 4.78 is 5.64. The Morgan fingerprint density at radius 2 is 2.00 bits per heavy atom. The van der Waals surface area contributed by atoms with Gasteiger partial charge in [-0.2, -0.15) is 0 Å². The lowest BCUT2D eigenvalue weighted by molar-refractivity contribution is -0.384. The summed E-state index contributed by atoms with van der Waals surface area (Å²) in [5, 5.41) is 24.2. The number of aliphatic hydroxyl groups excluding tert-OH is 1. The standard InChI is InChI=1S/C16H27N3O4/c1-5-18(6-2)10-14(20)11-23-16-9-13(19(21)22)7-8-15(16)17-12(3)4/h7-9,12,14,17,20H,5-6,10-11H2,1-4H3. The third-order valence-electron chi connectivity index (χ3n) is 3.41. The van der Waals surface area contributed by atoms with E-state index in [2.05, 4.69) is 10.2 Å². The second-order valence-corrected chi connectivity index (χ2v) is 5.69. The van der Waals surface area contributed by atoms with Crippen molar-refractivity contribution in [1.82, 2.24) is 4.90 Å². The molecule has 130 valence electrons. The van der Waals surface area contributed by atoms with Crippen LogP contribution in [0.2, 0.25) is 0 Å². The summed E-state index contributed by atoms with van der Waals surface area (Å²) in [6, 6.07) is 4.61. The molecule has 1 aromatic carbocycles. The number of ether oxygens (including phenoxy) is 1. The van der Waals surface area contributed by atoms with Crippen LogP contribution in [0.25, 0.3) is 0 Å². The highest BCUT2D eigenvalue weighted by atomic mass is 16.6. The Morgan fingerprint density at radius 3 is 2.52 bits per heavy atom. The molecule has 0 amide bonds. The van der Waals surface area contributed by atoms with Crippen molar-refractivity contribution in [2.24, 2.45) is 0 Å². The Morgan fingerprint density at radius 1 is 1.35 bits per heavy atom. The van der Waals surface area contributed by atoms with E-state index in [0.717, 1.165) is 13.1 Å². The molecule has 0 bridgehead atoms. The topological polar surface area (TPSA) is 87.9 Å². The summed E-state index contributed by atoms with van der Waals surface area (Å²) in [4.78, 5) is 12.6. The van der Waals surface area contributed by atoms with Crippen molar-refractivity contribution in [3.63, 3.8) is 0 Å². The number of hydrogen-bond acceptors (Lipinski definition) is 6. The fraction of sp³-hybridized carbons (Fsp3) is 0.625. The van der Waals surface area contributed by atoms with Gasteiger partial charge in [0.2, 0.25) is 0 Å². The molecule has 1 aromatic rings. The number of nitrogens with zero attached hydrogens (tertiary/aromatic N) is 2. The van der Waals surface area contributed by atoms with E-state index in [1.807, 2.05) is 27.7 Å². The Bertz CT molecular complexity index is 504. The van der Waals surface area contributed by atoms with Crippen molar-refractivity contribution in [3.8, 4) is 5.75 Å². The van der Waals surface area contributed by atoms with Crippen LogP contribution in [0, 0.1) is 10.1 Å². The van der Waals surface area contributed by atoms with Crippen LogP contribution in [-0.2, 0) is 0 Å². The lowest BCUT2D eigenvalue weighted by Crippen LogP contribution is -2.35. The number of non-ortho nitro benzene ring substituents is 1. The van der Waals surface area contributed by atoms with E-state index >= 15 is 0 Å². The highest BCUT2D eigenvalue weighted by molar-refractivity contribution is 5.61. The van der Waals surface area contributed by atoms with Gasteiger partial charge in [-0.25, -0.2) is 0 Å². The summed E-state index contributed by atoms with van der Waals surface area (Å²) in [6.45, 7) is 10.3. The minimum Gasteiger partial charge on any atom is -0.488 e. The first-order valence-electron chi connectivity index (χ1n) is 7.95. The number of aliphatic hydroxyl groups is 1.